The molecule has 0 aliphatic rings. The summed E-state index contributed by atoms with van der Waals surface area (Å²) in [5.41, 5.74) is 4.98. The minimum Gasteiger partial charge on any atom is -0.298 e. The van der Waals surface area contributed by atoms with Gasteiger partial charge in [0.25, 0.3) is 5.91 Å². The van der Waals surface area contributed by atoms with Gasteiger partial charge in [-0.1, -0.05) is 41.3 Å². The van der Waals surface area contributed by atoms with Crippen LogP contribution in [0.5, 0.6) is 0 Å². The highest BCUT2D eigenvalue weighted by molar-refractivity contribution is 7.98. The number of anilines is 1. The Labute approximate surface area is 164 Å². The lowest BCUT2D eigenvalue weighted by molar-refractivity contribution is 0.102. The maximum Gasteiger partial charge on any atom is 0.257 e. The van der Waals surface area contributed by atoms with Crippen LogP contribution in [0.1, 0.15) is 27.0 Å². The van der Waals surface area contributed by atoms with E-state index in [-0.39, 0.29) is 5.91 Å². The molecule has 0 unspecified atom stereocenters. The molecule has 6 nitrogen and oxygen atoms in total. The Hall–Kier alpha value is -2.71. The molecule has 0 bridgehead atoms. The molecule has 0 aliphatic carbocycles. The molecule has 2 N–H and O–H groups in total. The molecule has 0 saturated heterocycles. The van der Waals surface area contributed by atoms with E-state index in [0.717, 1.165) is 32.3 Å². The van der Waals surface area contributed by atoms with Gasteiger partial charge >= 0.3 is 0 Å². The molecule has 0 atom stereocenters. The number of benzene rings is 2. The van der Waals surface area contributed by atoms with Gasteiger partial charge in [-0.2, -0.15) is 5.10 Å². The second-order valence-corrected chi connectivity index (χ2v) is 8.17. The highest BCUT2D eigenvalue weighted by Gasteiger charge is 2.11. The highest BCUT2D eigenvalue weighted by atomic mass is 32.2. The van der Waals surface area contributed by atoms with Crippen LogP contribution in [0, 0.1) is 13.8 Å². The maximum absolute atomic E-state index is 12.5. The minimum atomic E-state index is -0.155. The molecule has 27 heavy (non-hydrogen) atoms. The van der Waals surface area contributed by atoms with Crippen molar-refractivity contribution in [1.29, 1.82) is 0 Å². The summed E-state index contributed by atoms with van der Waals surface area (Å²) in [6, 6.07) is 11.7. The summed E-state index contributed by atoms with van der Waals surface area (Å²) in [5, 5.41) is 10.9. The standard InChI is InChI=1S/C19H17N5OS2/c1-11-7-12(2)16-15(8-11)27-19(22-16)23-17(25)14-5-3-13(4-6-14)9-26-18-20-10-21-24-18/h3-8,10H,9H2,1-2H3,(H,20,21,24)(H,22,23,25). The number of carbonyl (C=O) groups excluding carboxylic acids is 1. The van der Waals surface area contributed by atoms with Crippen LogP contribution in [-0.2, 0) is 5.75 Å². The van der Waals surface area contributed by atoms with Gasteiger partial charge in [0.2, 0.25) is 0 Å². The molecule has 0 saturated carbocycles. The van der Waals surface area contributed by atoms with Crippen molar-refractivity contribution in [2.24, 2.45) is 0 Å². The van der Waals surface area contributed by atoms with E-state index in [1.807, 2.05) is 31.2 Å². The molecule has 2 aromatic carbocycles. The number of hydrogen-bond donors (Lipinski definition) is 2. The second kappa shape index (κ2) is 7.50. The SMILES string of the molecule is Cc1cc(C)c2nc(NC(=O)c3ccc(CSc4ncn[nH]4)cc3)sc2c1. The number of aryl methyl sites for hydroxylation is 2. The first-order chi connectivity index (χ1) is 13.1. The Morgan fingerprint density at radius 1 is 1.22 bits per heavy atom. The van der Waals surface area contributed by atoms with Gasteiger partial charge in [-0.3, -0.25) is 15.2 Å². The predicted molar refractivity (Wildman–Crippen MR) is 109 cm³/mol. The van der Waals surface area contributed by atoms with Crippen LogP contribution >= 0.6 is 23.1 Å². The number of fused-ring (bicyclic) bond motifs is 1. The average molecular weight is 396 g/mol. The maximum atomic E-state index is 12.5. The van der Waals surface area contributed by atoms with Crippen LogP contribution in [0.25, 0.3) is 10.2 Å². The molecular weight excluding hydrogens is 378 g/mol. The van der Waals surface area contributed by atoms with E-state index in [4.69, 9.17) is 0 Å². The summed E-state index contributed by atoms with van der Waals surface area (Å²) >= 11 is 3.06. The number of H-pyrrole nitrogens is 1. The quantitative estimate of drug-likeness (QED) is 0.483. The lowest BCUT2D eigenvalue weighted by atomic mass is 10.1. The average Bonchev–Trinajstić information content (AvgIpc) is 3.30. The molecule has 4 rings (SSSR count). The number of amides is 1. The van der Waals surface area contributed by atoms with Gasteiger partial charge in [-0.25, -0.2) is 9.97 Å². The Kier molecular flexibility index (Phi) is 4.91. The number of carbonyl (C=O) groups is 1. The first-order valence-corrected chi connectivity index (χ1v) is 10.1. The van der Waals surface area contributed by atoms with Crippen LogP contribution < -0.4 is 5.32 Å². The second-order valence-electron chi connectivity index (χ2n) is 6.18. The van der Waals surface area contributed by atoms with Crippen molar-refractivity contribution in [2.45, 2.75) is 24.8 Å². The van der Waals surface area contributed by atoms with E-state index in [0.29, 0.717) is 10.7 Å². The summed E-state index contributed by atoms with van der Waals surface area (Å²) in [5.74, 6) is 0.603. The molecule has 0 spiro atoms. The summed E-state index contributed by atoms with van der Waals surface area (Å²) in [4.78, 5) is 21.2. The van der Waals surface area contributed by atoms with Gasteiger partial charge in [0, 0.05) is 11.3 Å². The Bertz CT molecular complexity index is 1090. The fraction of sp³-hybridized carbons (Fsp3) is 0.158. The van der Waals surface area contributed by atoms with Crippen molar-refractivity contribution in [3.05, 3.63) is 65.0 Å². The van der Waals surface area contributed by atoms with Gasteiger partial charge in [0.05, 0.1) is 10.2 Å². The topological polar surface area (TPSA) is 83.6 Å². The van der Waals surface area contributed by atoms with E-state index >= 15 is 0 Å². The monoisotopic (exact) mass is 395 g/mol. The van der Waals surface area contributed by atoms with Crippen LogP contribution in [0.2, 0.25) is 0 Å². The smallest absolute Gasteiger partial charge is 0.257 e. The number of nitrogens with one attached hydrogen (secondary N) is 2. The van der Waals surface area contributed by atoms with Gasteiger partial charge in [-0.15, -0.1) is 0 Å². The molecule has 136 valence electrons. The van der Waals surface area contributed by atoms with Crippen LogP contribution in [0.4, 0.5) is 5.13 Å². The molecule has 2 heterocycles. The highest BCUT2D eigenvalue weighted by Crippen LogP contribution is 2.29. The zero-order valence-electron chi connectivity index (χ0n) is 14.8. The molecule has 0 radical (unpaired) electrons. The molecule has 1 amide bonds. The van der Waals surface area contributed by atoms with Crippen LogP contribution in [0.3, 0.4) is 0 Å². The fourth-order valence-electron chi connectivity index (χ4n) is 2.76. The lowest BCUT2D eigenvalue weighted by Crippen LogP contribution is -2.11. The summed E-state index contributed by atoms with van der Waals surface area (Å²) in [6.07, 6.45) is 1.49. The van der Waals surface area contributed by atoms with E-state index in [1.54, 1.807) is 11.8 Å². The summed E-state index contributed by atoms with van der Waals surface area (Å²) in [6.45, 7) is 4.10. The number of thioether (sulfide) groups is 1. The largest absolute Gasteiger partial charge is 0.298 e. The van der Waals surface area contributed by atoms with Gasteiger partial charge in [-0.05, 0) is 48.7 Å². The van der Waals surface area contributed by atoms with Crippen LogP contribution in [0.15, 0.2) is 47.9 Å². The van der Waals surface area contributed by atoms with Crippen molar-refractivity contribution in [3.8, 4) is 0 Å². The first kappa shape index (κ1) is 17.7. The van der Waals surface area contributed by atoms with E-state index in [1.165, 1.54) is 23.2 Å². The normalized spacial score (nSPS) is 11.0. The predicted octanol–water partition coefficient (Wildman–Crippen LogP) is 4.58. The number of thiazole rings is 1. The third kappa shape index (κ3) is 4.01. The van der Waals surface area contributed by atoms with Gasteiger partial charge in [0.15, 0.2) is 10.3 Å². The van der Waals surface area contributed by atoms with E-state index in [2.05, 4.69) is 44.5 Å². The number of rotatable bonds is 5. The molecule has 0 aliphatic heterocycles. The third-order valence-corrected chi connectivity index (χ3v) is 5.90. The van der Waals surface area contributed by atoms with E-state index in [9.17, 15) is 4.79 Å². The molecule has 2 aromatic heterocycles. The summed E-state index contributed by atoms with van der Waals surface area (Å²) < 4.78 is 1.09. The van der Waals surface area contributed by atoms with Crippen molar-refractivity contribution in [3.63, 3.8) is 0 Å². The Morgan fingerprint density at radius 2 is 2.04 bits per heavy atom. The lowest BCUT2D eigenvalue weighted by Gasteiger charge is -2.03. The van der Waals surface area contributed by atoms with Gasteiger partial charge < -0.3 is 0 Å². The Balaban J connectivity index is 1.44. The zero-order chi connectivity index (χ0) is 18.8. The van der Waals surface area contributed by atoms with Crippen molar-refractivity contribution in [1.82, 2.24) is 20.2 Å². The van der Waals surface area contributed by atoms with Crippen molar-refractivity contribution in [2.75, 3.05) is 5.32 Å². The molecule has 8 heteroatoms. The van der Waals surface area contributed by atoms with Crippen molar-refractivity contribution < 1.29 is 4.79 Å². The fourth-order valence-corrected chi connectivity index (χ4v) is 4.53. The Morgan fingerprint density at radius 3 is 2.78 bits per heavy atom. The van der Waals surface area contributed by atoms with E-state index < -0.39 is 0 Å². The van der Waals surface area contributed by atoms with Gasteiger partial charge in [0.1, 0.15) is 6.33 Å². The van der Waals surface area contributed by atoms with Crippen LogP contribution in [-0.4, -0.2) is 26.1 Å². The minimum absolute atomic E-state index is 0.155. The third-order valence-electron chi connectivity index (χ3n) is 4.03. The number of hydrogen-bond acceptors (Lipinski definition) is 6. The number of nitrogens with zero attached hydrogens (tertiary/aromatic N) is 3. The first-order valence-electron chi connectivity index (χ1n) is 8.35. The van der Waals surface area contributed by atoms with Crippen molar-refractivity contribution >= 4 is 44.4 Å². The number of aromatic nitrogens is 4. The molecule has 0 fully saturated rings. The zero-order valence-corrected chi connectivity index (χ0v) is 16.4. The molecular formula is C19H17N5OS2. The number of aromatic amines is 1. The summed E-state index contributed by atoms with van der Waals surface area (Å²) in [7, 11) is 0. The molecule has 4 aromatic rings.